The quantitative estimate of drug-likeness (QED) is 0.854. The molecular weight excluding hydrogens is 358 g/mol. The van der Waals surface area contributed by atoms with Gasteiger partial charge in [0.1, 0.15) is 5.75 Å². The first-order valence-electron chi connectivity index (χ1n) is 9.14. The molecule has 27 heavy (non-hydrogen) atoms. The molecule has 2 aliphatic carbocycles. The van der Waals surface area contributed by atoms with Crippen LogP contribution in [0.1, 0.15) is 36.8 Å². The number of methoxy groups -OCH3 is 1. The van der Waals surface area contributed by atoms with Gasteiger partial charge in [-0.25, -0.2) is 13.6 Å². The highest BCUT2D eigenvalue weighted by atomic mass is 32.2. The molecule has 2 N–H and O–H groups in total. The van der Waals surface area contributed by atoms with E-state index in [-0.39, 0.29) is 10.3 Å². The largest absolute Gasteiger partial charge is 0.497 e. The maximum Gasteiger partial charge on any atom is 0.238 e. The molecule has 2 aliphatic rings. The summed E-state index contributed by atoms with van der Waals surface area (Å²) >= 11 is 0. The van der Waals surface area contributed by atoms with Crippen LogP contribution in [0, 0.1) is 5.41 Å². The van der Waals surface area contributed by atoms with Gasteiger partial charge in [0.15, 0.2) is 0 Å². The second-order valence-electron chi connectivity index (χ2n) is 7.35. The third-order valence-corrected chi connectivity index (χ3v) is 6.51. The van der Waals surface area contributed by atoms with Crippen molar-refractivity contribution in [3.63, 3.8) is 0 Å². The lowest BCUT2D eigenvalue weighted by atomic mass is 9.88. The van der Waals surface area contributed by atoms with Crippen molar-refractivity contribution in [1.29, 1.82) is 0 Å². The topological polar surface area (TPSA) is 69.4 Å². The van der Waals surface area contributed by atoms with Crippen LogP contribution in [0.15, 0.2) is 65.6 Å². The maximum absolute atomic E-state index is 11.6. The van der Waals surface area contributed by atoms with E-state index >= 15 is 0 Å². The van der Waals surface area contributed by atoms with E-state index in [1.165, 1.54) is 18.4 Å². The van der Waals surface area contributed by atoms with Crippen LogP contribution in [0.5, 0.6) is 5.75 Å². The molecule has 0 radical (unpaired) electrons. The maximum atomic E-state index is 11.6. The van der Waals surface area contributed by atoms with Gasteiger partial charge in [0.25, 0.3) is 0 Å². The molecular formula is C22H23NO3S. The van der Waals surface area contributed by atoms with Crippen molar-refractivity contribution in [2.75, 3.05) is 7.11 Å². The van der Waals surface area contributed by atoms with Crippen LogP contribution in [0.4, 0.5) is 0 Å². The van der Waals surface area contributed by atoms with Crippen LogP contribution in [-0.4, -0.2) is 15.5 Å². The Balaban J connectivity index is 1.77. The number of nitrogens with two attached hydrogens (primary N) is 1. The van der Waals surface area contributed by atoms with Crippen molar-refractivity contribution in [1.82, 2.24) is 0 Å². The van der Waals surface area contributed by atoms with Gasteiger partial charge in [-0.2, -0.15) is 0 Å². The molecule has 0 heterocycles. The van der Waals surface area contributed by atoms with E-state index in [1.807, 2.05) is 24.3 Å². The van der Waals surface area contributed by atoms with Crippen molar-refractivity contribution in [3.8, 4) is 5.75 Å². The highest BCUT2D eigenvalue weighted by Crippen LogP contribution is 2.52. The van der Waals surface area contributed by atoms with E-state index in [0.717, 1.165) is 35.3 Å². The summed E-state index contributed by atoms with van der Waals surface area (Å²) in [7, 11) is -2.02. The lowest BCUT2D eigenvalue weighted by molar-refractivity contribution is 0.415. The third kappa shape index (κ3) is 3.45. The zero-order valence-electron chi connectivity index (χ0n) is 15.3. The smallest absolute Gasteiger partial charge is 0.238 e. The first-order chi connectivity index (χ1) is 12.9. The van der Waals surface area contributed by atoms with Gasteiger partial charge in [0, 0.05) is 5.41 Å². The fraction of sp³-hybridized carbons (Fsp3) is 0.273. The molecule has 4 rings (SSSR count). The number of allylic oxidation sites excluding steroid dienone is 4. The Bertz CT molecular complexity index is 1010. The fourth-order valence-electron chi connectivity index (χ4n) is 4.17. The molecule has 0 saturated heterocycles. The van der Waals surface area contributed by atoms with Crippen LogP contribution >= 0.6 is 0 Å². The fourth-order valence-corrected chi connectivity index (χ4v) is 4.68. The summed E-state index contributed by atoms with van der Waals surface area (Å²) in [6.45, 7) is 0. The minimum atomic E-state index is -3.69. The van der Waals surface area contributed by atoms with E-state index < -0.39 is 10.0 Å². The molecule has 2 aromatic rings. The van der Waals surface area contributed by atoms with Crippen LogP contribution in [0.2, 0.25) is 0 Å². The van der Waals surface area contributed by atoms with Gasteiger partial charge in [-0.05, 0) is 59.4 Å². The normalized spacial score (nSPS) is 18.4. The van der Waals surface area contributed by atoms with Gasteiger partial charge in [-0.3, -0.25) is 0 Å². The SMILES string of the molecule is COc1ccc(C2=CC3(C=C2c2ccc(S(N)(=O)=O)cc2)CCCC3)cc1. The standard InChI is InChI=1S/C22H23NO3S/c1-26-18-8-4-16(5-9-18)20-14-22(12-2-3-13-22)15-21(20)17-6-10-19(11-7-17)27(23,24)25/h4-11,14-15H,2-3,12-13H2,1H3,(H2,23,24,25). The van der Waals surface area contributed by atoms with Crippen molar-refractivity contribution in [2.45, 2.75) is 30.6 Å². The summed E-state index contributed by atoms with van der Waals surface area (Å²) in [5.74, 6) is 0.830. The number of sulfonamides is 1. The number of hydrogen-bond donors (Lipinski definition) is 1. The van der Waals surface area contributed by atoms with Crippen LogP contribution in [-0.2, 0) is 10.0 Å². The van der Waals surface area contributed by atoms with Crippen molar-refractivity contribution in [3.05, 3.63) is 71.8 Å². The third-order valence-electron chi connectivity index (χ3n) is 5.58. The van der Waals surface area contributed by atoms with E-state index in [1.54, 1.807) is 19.2 Å². The number of ether oxygens (including phenoxy) is 1. The summed E-state index contributed by atoms with van der Waals surface area (Å²) in [5, 5.41) is 5.23. The predicted molar refractivity (Wildman–Crippen MR) is 108 cm³/mol. The highest BCUT2D eigenvalue weighted by Gasteiger charge is 2.35. The molecule has 0 bridgehead atoms. The summed E-state index contributed by atoms with van der Waals surface area (Å²) in [6.07, 6.45) is 9.55. The Morgan fingerprint density at radius 2 is 1.33 bits per heavy atom. The van der Waals surface area contributed by atoms with Crippen LogP contribution in [0.3, 0.4) is 0 Å². The monoisotopic (exact) mass is 381 g/mol. The average molecular weight is 381 g/mol. The number of hydrogen-bond acceptors (Lipinski definition) is 3. The Hall–Kier alpha value is -2.37. The molecule has 5 heteroatoms. The summed E-state index contributed by atoms with van der Waals surface area (Å²) < 4.78 is 28.4. The number of rotatable bonds is 4. The molecule has 1 spiro atoms. The molecule has 0 aliphatic heterocycles. The minimum Gasteiger partial charge on any atom is -0.497 e. The first-order valence-corrected chi connectivity index (χ1v) is 10.7. The molecule has 0 aromatic heterocycles. The van der Waals surface area contributed by atoms with E-state index in [0.29, 0.717) is 0 Å². The molecule has 4 nitrogen and oxygen atoms in total. The highest BCUT2D eigenvalue weighted by molar-refractivity contribution is 7.89. The lowest BCUT2D eigenvalue weighted by Gasteiger charge is -2.16. The zero-order valence-corrected chi connectivity index (χ0v) is 16.1. The molecule has 0 atom stereocenters. The van der Waals surface area contributed by atoms with Crippen LogP contribution in [0.25, 0.3) is 11.1 Å². The van der Waals surface area contributed by atoms with Gasteiger partial charge in [-0.15, -0.1) is 0 Å². The summed E-state index contributed by atoms with van der Waals surface area (Å²) in [5.41, 5.74) is 4.61. The Morgan fingerprint density at radius 1 is 0.852 bits per heavy atom. The van der Waals surface area contributed by atoms with Crippen molar-refractivity contribution >= 4 is 21.2 Å². The number of primary sulfonamides is 1. The summed E-state index contributed by atoms with van der Waals surface area (Å²) in [6, 6.07) is 14.9. The number of benzene rings is 2. The molecule has 0 amide bonds. The second kappa shape index (κ2) is 6.66. The minimum absolute atomic E-state index is 0.114. The predicted octanol–water partition coefficient (Wildman–Crippen LogP) is 4.38. The van der Waals surface area contributed by atoms with Gasteiger partial charge in [-0.1, -0.05) is 49.3 Å². The van der Waals surface area contributed by atoms with Crippen molar-refractivity contribution < 1.29 is 13.2 Å². The van der Waals surface area contributed by atoms with Gasteiger partial charge in [0.2, 0.25) is 10.0 Å². The zero-order chi connectivity index (χ0) is 19.1. The van der Waals surface area contributed by atoms with Gasteiger partial charge >= 0.3 is 0 Å². The van der Waals surface area contributed by atoms with E-state index in [9.17, 15) is 8.42 Å². The van der Waals surface area contributed by atoms with E-state index in [4.69, 9.17) is 9.88 Å². The molecule has 140 valence electrons. The average Bonchev–Trinajstić information content (AvgIpc) is 3.28. The Morgan fingerprint density at radius 3 is 1.78 bits per heavy atom. The van der Waals surface area contributed by atoms with Gasteiger partial charge in [0.05, 0.1) is 12.0 Å². The van der Waals surface area contributed by atoms with E-state index in [2.05, 4.69) is 24.3 Å². The molecule has 1 saturated carbocycles. The first kappa shape index (κ1) is 18.0. The van der Waals surface area contributed by atoms with Crippen molar-refractivity contribution in [2.24, 2.45) is 10.6 Å². The van der Waals surface area contributed by atoms with Crippen LogP contribution < -0.4 is 9.88 Å². The lowest BCUT2D eigenvalue weighted by Crippen LogP contribution is -2.11. The molecule has 2 aromatic carbocycles. The van der Waals surface area contributed by atoms with Gasteiger partial charge < -0.3 is 4.74 Å². The second-order valence-corrected chi connectivity index (χ2v) is 8.92. The Labute approximate surface area is 160 Å². The molecule has 0 unspecified atom stereocenters. The summed E-state index contributed by atoms with van der Waals surface area (Å²) in [4.78, 5) is 0.135. The molecule has 1 fully saturated rings. The Kier molecular flexibility index (Phi) is 4.44.